The van der Waals surface area contributed by atoms with E-state index in [1.165, 1.54) is 12.3 Å². The lowest BCUT2D eigenvalue weighted by Gasteiger charge is -2.16. The highest BCUT2D eigenvalue weighted by molar-refractivity contribution is 5.94. The van der Waals surface area contributed by atoms with Crippen LogP contribution in [0.1, 0.15) is 16.1 Å². The number of amides is 1. The summed E-state index contributed by atoms with van der Waals surface area (Å²) >= 11 is 0. The predicted octanol–water partition coefficient (Wildman–Crippen LogP) is 1.12. The van der Waals surface area contributed by atoms with Crippen LogP contribution in [0.4, 0.5) is 0 Å². The molecule has 5 heteroatoms. The van der Waals surface area contributed by atoms with E-state index in [1.54, 1.807) is 6.07 Å². The van der Waals surface area contributed by atoms with Gasteiger partial charge >= 0.3 is 0 Å². The van der Waals surface area contributed by atoms with Crippen molar-refractivity contribution in [3.05, 3.63) is 59.9 Å². The summed E-state index contributed by atoms with van der Waals surface area (Å²) in [6.45, 7) is -0.186. The van der Waals surface area contributed by atoms with Crippen LogP contribution < -0.4 is 5.32 Å². The maximum absolute atomic E-state index is 12.0. The first-order valence-electron chi connectivity index (χ1n) is 6.30. The molecule has 2 rings (SSSR count). The lowest BCUT2D eigenvalue weighted by atomic mass is 10.1. The van der Waals surface area contributed by atoms with Crippen LogP contribution in [0.25, 0.3) is 0 Å². The number of hydrogen-bond acceptors (Lipinski definition) is 4. The van der Waals surface area contributed by atoms with Gasteiger partial charge in [-0.2, -0.15) is 0 Å². The Balaban J connectivity index is 2.03. The molecule has 0 saturated carbocycles. The number of aromatic nitrogens is 1. The molecule has 0 radical (unpaired) electrons. The first-order valence-corrected chi connectivity index (χ1v) is 6.30. The van der Waals surface area contributed by atoms with Crippen LogP contribution in [-0.2, 0) is 6.42 Å². The third-order valence-corrected chi connectivity index (χ3v) is 2.88. The Morgan fingerprint density at radius 3 is 2.60 bits per heavy atom. The average molecular weight is 272 g/mol. The van der Waals surface area contributed by atoms with Gasteiger partial charge in [-0.05, 0) is 24.1 Å². The normalized spacial score (nSPS) is 11.8. The predicted molar refractivity (Wildman–Crippen MR) is 74.4 cm³/mol. The quantitative estimate of drug-likeness (QED) is 0.761. The van der Waals surface area contributed by atoms with E-state index in [4.69, 9.17) is 0 Å². The van der Waals surface area contributed by atoms with Crippen LogP contribution >= 0.6 is 0 Å². The maximum Gasteiger partial charge on any atom is 0.274 e. The van der Waals surface area contributed by atoms with E-state index in [2.05, 4.69) is 10.3 Å². The van der Waals surface area contributed by atoms with Gasteiger partial charge in [-0.3, -0.25) is 4.79 Å². The molecule has 1 aromatic heterocycles. The number of pyridine rings is 1. The molecular weight excluding hydrogens is 256 g/mol. The number of hydrogen-bond donors (Lipinski definition) is 3. The Morgan fingerprint density at radius 2 is 1.95 bits per heavy atom. The van der Waals surface area contributed by atoms with Crippen molar-refractivity contribution in [1.82, 2.24) is 10.3 Å². The summed E-state index contributed by atoms with van der Waals surface area (Å²) in [6, 6.07) is 12.1. The fraction of sp³-hybridized carbons (Fsp3) is 0.200. The summed E-state index contributed by atoms with van der Waals surface area (Å²) in [6.07, 6.45) is 1.94. The Bertz CT molecular complexity index is 572. The number of aliphatic hydroxyl groups excluding tert-OH is 1. The Morgan fingerprint density at radius 1 is 1.20 bits per heavy atom. The minimum absolute atomic E-state index is 0.0426. The molecule has 2 aromatic rings. The first kappa shape index (κ1) is 14.0. The van der Waals surface area contributed by atoms with Crippen LogP contribution in [0.15, 0.2) is 48.7 Å². The molecule has 0 aliphatic heterocycles. The summed E-state index contributed by atoms with van der Waals surface area (Å²) in [7, 11) is 0. The lowest BCUT2D eigenvalue weighted by molar-refractivity contribution is 0.0908. The Labute approximate surface area is 116 Å². The largest absolute Gasteiger partial charge is 0.505 e. The van der Waals surface area contributed by atoms with E-state index in [9.17, 15) is 15.0 Å². The van der Waals surface area contributed by atoms with Gasteiger partial charge in [0, 0.05) is 6.20 Å². The number of nitrogens with zero attached hydrogens (tertiary/aromatic N) is 1. The molecule has 0 spiro atoms. The van der Waals surface area contributed by atoms with E-state index >= 15 is 0 Å². The van der Waals surface area contributed by atoms with E-state index in [0.29, 0.717) is 6.42 Å². The summed E-state index contributed by atoms with van der Waals surface area (Å²) in [4.78, 5) is 15.8. The maximum atomic E-state index is 12.0. The molecule has 0 unspecified atom stereocenters. The zero-order valence-electron chi connectivity index (χ0n) is 10.9. The average Bonchev–Trinajstić information content (AvgIpc) is 2.48. The van der Waals surface area contributed by atoms with Crippen molar-refractivity contribution in [3.63, 3.8) is 0 Å². The molecule has 5 nitrogen and oxygen atoms in total. The topological polar surface area (TPSA) is 82.5 Å². The summed E-state index contributed by atoms with van der Waals surface area (Å²) in [5.74, 6) is -0.681. The fourth-order valence-corrected chi connectivity index (χ4v) is 1.89. The zero-order valence-corrected chi connectivity index (χ0v) is 10.9. The Hall–Kier alpha value is -2.40. The molecule has 0 fully saturated rings. The molecule has 1 aromatic carbocycles. The molecule has 20 heavy (non-hydrogen) atoms. The van der Waals surface area contributed by atoms with Crippen molar-refractivity contribution in [3.8, 4) is 5.75 Å². The van der Waals surface area contributed by atoms with Gasteiger partial charge in [0.2, 0.25) is 0 Å². The minimum Gasteiger partial charge on any atom is -0.505 e. The molecule has 1 heterocycles. The van der Waals surface area contributed by atoms with Gasteiger partial charge in [0.05, 0.1) is 12.6 Å². The van der Waals surface area contributed by atoms with Crippen LogP contribution in [-0.4, -0.2) is 33.8 Å². The Kier molecular flexibility index (Phi) is 4.68. The van der Waals surface area contributed by atoms with Crippen molar-refractivity contribution >= 4 is 5.91 Å². The second kappa shape index (κ2) is 6.68. The molecule has 104 valence electrons. The highest BCUT2D eigenvalue weighted by Gasteiger charge is 2.17. The van der Waals surface area contributed by atoms with Crippen LogP contribution in [0.3, 0.4) is 0 Å². The van der Waals surface area contributed by atoms with Gasteiger partial charge in [-0.15, -0.1) is 0 Å². The molecule has 0 aliphatic carbocycles. The van der Waals surface area contributed by atoms with E-state index in [-0.39, 0.29) is 18.1 Å². The van der Waals surface area contributed by atoms with Gasteiger partial charge in [0.25, 0.3) is 5.91 Å². The number of benzene rings is 1. The fourth-order valence-electron chi connectivity index (χ4n) is 1.89. The zero-order chi connectivity index (χ0) is 14.4. The van der Waals surface area contributed by atoms with Gasteiger partial charge in [0.15, 0.2) is 5.69 Å². The van der Waals surface area contributed by atoms with Crippen molar-refractivity contribution in [2.24, 2.45) is 0 Å². The molecule has 1 atom stereocenters. The van der Waals surface area contributed by atoms with Gasteiger partial charge < -0.3 is 15.5 Å². The van der Waals surface area contributed by atoms with E-state index in [0.717, 1.165) is 5.56 Å². The van der Waals surface area contributed by atoms with Crippen molar-refractivity contribution in [2.75, 3.05) is 6.61 Å². The number of aromatic hydroxyl groups is 1. The van der Waals surface area contributed by atoms with Crippen molar-refractivity contribution < 1.29 is 15.0 Å². The molecule has 1 amide bonds. The molecule has 0 saturated heterocycles. The van der Waals surface area contributed by atoms with E-state index < -0.39 is 11.9 Å². The second-order valence-electron chi connectivity index (χ2n) is 4.41. The molecule has 0 aliphatic rings. The summed E-state index contributed by atoms with van der Waals surface area (Å²) < 4.78 is 0. The number of carbonyl (C=O) groups is 1. The summed E-state index contributed by atoms with van der Waals surface area (Å²) in [5.41, 5.74) is 0.969. The third-order valence-electron chi connectivity index (χ3n) is 2.88. The molecular formula is C15H16N2O3. The number of aliphatic hydroxyl groups is 1. The molecule has 3 N–H and O–H groups in total. The lowest BCUT2D eigenvalue weighted by Crippen LogP contribution is -2.39. The highest BCUT2D eigenvalue weighted by atomic mass is 16.3. The van der Waals surface area contributed by atoms with Gasteiger partial charge in [-0.1, -0.05) is 30.3 Å². The van der Waals surface area contributed by atoms with Gasteiger partial charge in [0.1, 0.15) is 5.75 Å². The van der Waals surface area contributed by atoms with Gasteiger partial charge in [-0.25, -0.2) is 4.98 Å². The highest BCUT2D eigenvalue weighted by Crippen LogP contribution is 2.12. The third kappa shape index (κ3) is 3.55. The SMILES string of the molecule is O=C(N[C@@H](CO)Cc1ccccc1)c1ncccc1O. The summed E-state index contributed by atoms with van der Waals surface area (Å²) in [5, 5.41) is 21.6. The smallest absolute Gasteiger partial charge is 0.274 e. The van der Waals surface area contributed by atoms with Crippen molar-refractivity contribution in [1.29, 1.82) is 0 Å². The minimum atomic E-state index is -0.502. The monoisotopic (exact) mass is 272 g/mol. The number of carbonyl (C=O) groups excluding carboxylic acids is 1. The standard InChI is InChI=1S/C15H16N2O3/c18-10-12(9-11-5-2-1-3-6-11)17-15(20)14-13(19)7-4-8-16-14/h1-8,12,18-19H,9-10H2,(H,17,20)/t12-/m1/s1. The van der Waals surface area contributed by atoms with Crippen LogP contribution in [0.5, 0.6) is 5.75 Å². The second-order valence-corrected chi connectivity index (χ2v) is 4.41. The first-order chi connectivity index (χ1) is 9.70. The van der Waals surface area contributed by atoms with Crippen molar-refractivity contribution in [2.45, 2.75) is 12.5 Å². The van der Waals surface area contributed by atoms with Crippen LogP contribution in [0.2, 0.25) is 0 Å². The van der Waals surface area contributed by atoms with Crippen LogP contribution in [0, 0.1) is 0 Å². The number of rotatable bonds is 5. The van der Waals surface area contributed by atoms with E-state index in [1.807, 2.05) is 30.3 Å². The number of nitrogens with one attached hydrogen (secondary N) is 1. The molecule has 0 bridgehead atoms.